The Balaban J connectivity index is 2.33. The van der Waals surface area contributed by atoms with Crippen LogP contribution in [0.2, 0.25) is 0 Å². The number of carboxylic acids is 1. The largest absolute Gasteiger partial charge is 0.543 e. The van der Waals surface area contributed by atoms with Crippen molar-refractivity contribution in [3.05, 3.63) is 17.0 Å². The zero-order chi connectivity index (χ0) is 9.97. The summed E-state index contributed by atoms with van der Waals surface area (Å²) >= 11 is 0. The van der Waals surface area contributed by atoms with E-state index in [9.17, 15) is 9.90 Å². The van der Waals surface area contributed by atoms with E-state index in [1.807, 2.05) is 0 Å². The number of aromatic nitrogens is 2. The molecule has 76 valence electrons. The van der Waals surface area contributed by atoms with E-state index >= 15 is 0 Å². The van der Waals surface area contributed by atoms with Crippen molar-refractivity contribution in [1.82, 2.24) is 10.2 Å². The summed E-state index contributed by atoms with van der Waals surface area (Å²) < 4.78 is 0. The number of H-pyrrole nitrogens is 1. The maximum Gasteiger partial charge on any atom is 0.111 e. The van der Waals surface area contributed by atoms with Crippen molar-refractivity contribution in [3.8, 4) is 0 Å². The number of fused-ring (bicyclic) bond motifs is 1. The predicted octanol–water partition coefficient (Wildman–Crippen LogP) is 0.432. The third kappa shape index (κ3) is 1.64. The molecule has 0 atom stereocenters. The average Bonchev–Trinajstić information content (AvgIpc) is 2.47. The van der Waals surface area contributed by atoms with E-state index in [4.69, 9.17) is 0 Å². The second kappa shape index (κ2) is 3.82. The lowest BCUT2D eigenvalue weighted by atomic mass is 9.97. The second-order valence-electron chi connectivity index (χ2n) is 3.73. The molecule has 1 aliphatic carbocycles. The summed E-state index contributed by atoms with van der Waals surface area (Å²) in [7, 11) is 0. The summed E-state index contributed by atoms with van der Waals surface area (Å²) in [5, 5.41) is 17.3. The van der Waals surface area contributed by atoms with Crippen molar-refractivity contribution in [2.45, 2.75) is 38.5 Å². The zero-order valence-corrected chi connectivity index (χ0v) is 8.01. The molecule has 0 radical (unpaired) electrons. The van der Waals surface area contributed by atoms with Crippen LogP contribution in [-0.4, -0.2) is 16.2 Å². The maximum atomic E-state index is 10.7. The van der Waals surface area contributed by atoms with Crippen molar-refractivity contribution in [1.29, 1.82) is 0 Å². The van der Waals surface area contributed by atoms with Crippen LogP contribution in [0.15, 0.2) is 0 Å². The SMILES string of the molecule is O=C([O-])c1n[nH]c2c1CCCCCC2. The van der Waals surface area contributed by atoms with Crippen LogP contribution in [0.4, 0.5) is 0 Å². The molecule has 0 unspecified atom stereocenters. The first-order chi connectivity index (χ1) is 6.79. The second-order valence-corrected chi connectivity index (χ2v) is 3.73. The van der Waals surface area contributed by atoms with Crippen LogP contribution < -0.4 is 5.11 Å². The highest BCUT2D eigenvalue weighted by atomic mass is 16.4. The molecule has 1 N–H and O–H groups in total. The van der Waals surface area contributed by atoms with Gasteiger partial charge in [-0.3, -0.25) is 5.10 Å². The number of aromatic carboxylic acids is 1. The summed E-state index contributed by atoms with van der Waals surface area (Å²) in [4.78, 5) is 10.7. The van der Waals surface area contributed by atoms with Gasteiger partial charge in [0.2, 0.25) is 0 Å². The van der Waals surface area contributed by atoms with Gasteiger partial charge in [0.25, 0.3) is 0 Å². The topological polar surface area (TPSA) is 68.8 Å². The maximum absolute atomic E-state index is 10.7. The van der Waals surface area contributed by atoms with Crippen molar-refractivity contribution in [2.75, 3.05) is 0 Å². The molecule has 0 aromatic carbocycles. The third-order valence-electron chi connectivity index (χ3n) is 2.75. The fourth-order valence-electron chi connectivity index (χ4n) is 2.00. The van der Waals surface area contributed by atoms with E-state index in [0.717, 1.165) is 36.9 Å². The molecular formula is C10H13N2O2-. The Bertz CT molecular complexity index is 344. The number of aromatic amines is 1. The number of nitrogens with zero attached hydrogens (tertiary/aromatic N) is 1. The van der Waals surface area contributed by atoms with E-state index in [1.54, 1.807) is 0 Å². The number of aryl methyl sites for hydroxylation is 1. The molecule has 0 saturated carbocycles. The molecule has 2 rings (SSSR count). The lowest BCUT2D eigenvalue weighted by molar-refractivity contribution is -0.255. The fraction of sp³-hybridized carbons (Fsp3) is 0.600. The van der Waals surface area contributed by atoms with Crippen LogP contribution in [0.3, 0.4) is 0 Å². The number of rotatable bonds is 1. The zero-order valence-electron chi connectivity index (χ0n) is 8.01. The van der Waals surface area contributed by atoms with E-state index in [-0.39, 0.29) is 5.69 Å². The molecule has 0 bridgehead atoms. The monoisotopic (exact) mass is 193 g/mol. The van der Waals surface area contributed by atoms with Crippen LogP contribution in [-0.2, 0) is 12.8 Å². The number of hydrogen-bond donors (Lipinski definition) is 1. The first-order valence-electron chi connectivity index (χ1n) is 5.06. The lowest BCUT2D eigenvalue weighted by Crippen LogP contribution is -2.24. The Morgan fingerprint density at radius 3 is 2.64 bits per heavy atom. The minimum absolute atomic E-state index is 0.113. The third-order valence-corrected chi connectivity index (χ3v) is 2.75. The molecule has 1 heterocycles. The minimum Gasteiger partial charge on any atom is -0.543 e. The van der Waals surface area contributed by atoms with Gasteiger partial charge < -0.3 is 9.90 Å². The van der Waals surface area contributed by atoms with Crippen LogP contribution in [0.1, 0.15) is 47.4 Å². The van der Waals surface area contributed by atoms with Gasteiger partial charge in [-0.25, -0.2) is 0 Å². The Kier molecular flexibility index (Phi) is 2.52. The van der Waals surface area contributed by atoms with Gasteiger partial charge in [-0.2, -0.15) is 5.10 Å². The first kappa shape index (κ1) is 9.24. The van der Waals surface area contributed by atoms with Crippen LogP contribution in [0, 0.1) is 0 Å². The van der Waals surface area contributed by atoms with Crippen molar-refractivity contribution < 1.29 is 9.90 Å². The van der Waals surface area contributed by atoms with E-state index in [2.05, 4.69) is 10.2 Å². The van der Waals surface area contributed by atoms with Gasteiger partial charge in [-0.15, -0.1) is 0 Å². The number of carbonyl (C=O) groups is 1. The molecule has 0 spiro atoms. The van der Waals surface area contributed by atoms with Crippen molar-refractivity contribution in [2.24, 2.45) is 0 Å². The van der Waals surface area contributed by atoms with Crippen LogP contribution in [0.25, 0.3) is 0 Å². The molecule has 0 amide bonds. The molecular weight excluding hydrogens is 180 g/mol. The highest BCUT2D eigenvalue weighted by molar-refractivity contribution is 5.85. The number of carbonyl (C=O) groups excluding carboxylic acids is 1. The Hall–Kier alpha value is -1.32. The van der Waals surface area contributed by atoms with Gasteiger partial charge in [0.1, 0.15) is 5.69 Å². The molecule has 4 heteroatoms. The molecule has 14 heavy (non-hydrogen) atoms. The highest BCUT2D eigenvalue weighted by Crippen LogP contribution is 2.20. The molecule has 1 aromatic heterocycles. The van der Waals surface area contributed by atoms with E-state index < -0.39 is 5.97 Å². The van der Waals surface area contributed by atoms with Gasteiger partial charge in [0.15, 0.2) is 0 Å². The highest BCUT2D eigenvalue weighted by Gasteiger charge is 2.14. The normalized spacial score (nSPS) is 16.9. The smallest absolute Gasteiger partial charge is 0.111 e. The molecule has 4 nitrogen and oxygen atoms in total. The summed E-state index contributed by atoms with van der Waals surface area (Å²) in [5.74, 6) is -1.16. The standard InChI is InChI=1S/C10H14N2O2/c13-10(14)9-7-5-3-1-2-4-6-8(7)11-12-9/h1-6H2,(H,11,12)(H,13,14)/p-1. The van der Waals surface area contributed by atoms with Crippen molar-refractivity contribution >= 4 is 5.97 Å². The summed E-state index contributed by atoms with van der Waals surface area (Å²) in [6.07, 6.45) is 6.29. The van der Waals surface area contributed by atoms with Gasteiger partial charge in [0, 0.05) is 11.3 Å². The number of hydrogen-bond acceptors (Lipinski definition) is 3. The van der Waals surface area contributed by atoms with Crippen LogP contribution >= 0.6 is 0 Å². The van der Waals surface area contributed by atoms with Gasteiger partial charge in [-0.1, -0.05) is 12.8 Å². The Labute approximate surface area is 82.3 Å². The Morgan fingerprint density at radius 2 is 1.93 bits per heavy atom. The molecule has 0 aliphatic heterocycles. The minimum atomic E-state index is -1.16. The molecule has 1 aromatic rings. The Morgan fingerprint density at radius 1 is 1.21 bits per heavy atom. The first-order valence-corrected chi connectivity index (χ1v) is 5.06. The van der Waals surface area contributed by atoms with Crippen LogP contribution in [0.5, 0.6) is 0 Å². The van der Waals surface area contributed by atoms with Gasteiger partial charge in [-0.05, 0) is 25.7 Å². The lowest BCUT2D eigenvalue weighted by Gasteiger charge is -2.10. The quantitative estimate of drug-likeness (QED) is 0.703. The molecule has 1 aliphatic rings. The fourth-order valence-corrected chi connectivity index (χ4v) is 2.00. The molecule has 0 fully saturated rings. The van der Waals surface area contributed by atoms with Gasteiger partial charge >= 0.3 is 0 Å². The van der Waals surface area contributed by atoms with E-state index in [0.29, 0.717) is 0 Å². The van der Waals surface area contributed by atoms with Gasteiger partial charge in [0.05, 0.1) is 5.97 Å². The summed E-state index contributed by atoms with van der Waals surface area (Å²) in [6, 6.07) is 0. The average molecular weight is 193 g/mol. The predicted molar refractivity (Wildman–Crippen MR) is 48.8 cm³/mol. The van der Waals surface area contributed by atoms with Crippen molar-refractivity contribution in [3.63, 3.8) is 0 Å². The summed E-state index contributed by atoms with van der Waals surface area (Å²) in [5.41, 5.74) is 1.97. The molecule has 0 saturated heterocycles. The number of nitrogens with one attached hydrogen (secondary N) is 1. The van der Waals surface area contributed by atoms with E-state index in [1.165, 1.54) is 12.8 Å². The summed E-state index contributed by atoms with van der Waals surface area (Å²) in [6.45, 7) is 0. The number of carboxylic acid groups (broad SMARTS) is 1.